The Labute approximate surface area is 97.5 Å². The van der Waals surface area contributed by atoms with Gasteiger partial charge in [0, 0.05) is 5.92 Å². The van der Waals surface area contributed by atoms with Crippen molar-refractivity contribution in [3.8, 4) is 6.07 Å². The lowest BCUT2D eigenvalue weighted by Crippen LogP contribution is -2.16. The van der Waals surface area contributed by atoms with Gasteiger partial charge in [-0.05, 0) is 30.0 Å². The highest BCUT2D eigenvalue weighted by molar-refractivity contribution is 5.44. The molecule has 0 heterocycles. The predicted molar refractivity (Wildman–Crippen MR) is 65.2 cm³/mol. The number of nitriles is 1. The van der Waals surface area contributed by atoms with Gasteiger partial charge >= 0.3 is 0 Å². The summed E-state index contributed by atoms with van der Waals surface area (Å²) in [5, 5.41) is 18.9. The minimum atomic E-state index is -0.334. The molecular formula is C14H19NO. The van der Waals surface area contributed by atoms with Crippen LogP contribution in [0.3, 0.4) is 0 Å². The maximum Gasteiger partial charge on any atom is 0.0994 e. The van der Waals surface area contributed by atoms with Gasteiger partial charge in [-0.1, -0.05) is 32.9 Å². The Balaban J connectivity index is 3.18. The summed E-state index contributed by atoms with van der Waals surface area (Å²) in [5.41, 5.74) is 2.91. The van der Waals surface area contributed by atoms with E-state index >= 15 is 0 Å². The largest absolute Gasteiger partial charge is 0.393 e. The lowest BCUT2D eigenvalue weighted by Gasteiger charge is -2.21. The summed E-state index contributed by atoms with van der Waals surface area (Å²) in [7, 11) is 0. The standard InChI is InChI=1S/C14H19NO/c1-4-12-11(9-15)7-6-8-13(12)10(3)14(16)5-2/h6-8,10,14,16H,4-5H2,1-3H3. The molecule has 0 bridgehead atoms. The number of aliphatic hydroxyl groups excluding tert-OH is 1. The summed E-state index contributed by atoms with van der Waals surface area (Å²) in [4.78, 5) is 0. The molecule has 1 rings (SSSR count). The highest BCUT2D eigenvalue weighted by Gasteiger charge is 2.18. The summed E-state index contributed by atoms with van der Waals surface area (Å²) < 4.78 is 0. The average Bonchev–Trinajstić information content (AvgIpc) is 2.35. The van der Waals surface area contributed by atoms with Crippen molar-refractivity contribution in [2.75, 3.05) is 0 Å². The van der Waals surface area contributed by atoms with Crippen LogP contribution in [0.25, 0.3) is 0 Å². The number of aliphatic hydroxyl groups is 1. The molecule has 2 unspecified atom stereocenters. The van der Waals surface area contributed by atoms with Gasteiger partial charge in [0.2, 0.25) is 0 Å². The molecule has 0 saturated carbocycles. The van der Waals surface area contributed by atoms with Gasteiger partial charge < -0.3 is 5.11 Å². The highest BCUT2D eigenvalue weighted by Crippen LogP contribution is 2.27. The SMILES string of the molecule is CCc1c(C#N)cccc1C(C)C(O)CC. The van der Waals surface area contributed by atoms with Crippen LogP contribution in [0.15, 0.2) is 18.2 Å². The van der Waals surface area contributed by atoms with Crippen LogP contribution in [0, 0.1) is 11.3 Å². The van der Waals surface area contributed by atoms with Gasteiger partial charge in [-0.3, -0.25) is 0 Å². The normalized spacial score (nSPS) is 14.2. The van der Waals surface area contributed by atoms with Crippen LogP contribution in [0.4, 0.5) is 0 Å². The molecule has 0 amide bonds. The fourth-order valence-corrected chi connectivity index (χ4v) is 2.09. The van der Waals surface area contributed by atoms with Crippen molar-refractivity contribution in [3.05, 3.63) is 34.9 Å². The predicted octanol–water partition coefficient (Wildman–Crippen LogP) is 3.00. The van der Waals surface area contributed by atoms with Crippen LogP contribution in [0.5, 0.6) is 0 Å². The average molecular weight is 217 g/mol. The van der Waals surface area contributed by atoms with Crippen molar-refractivity contribution < 1.29 is 5.11 Å². The van der Waals surface area contributed by atoms with E-state index in [0.29, 0.717) is 0 Å². The Morgan fingerprint density at radius 3 is 2.56 bits per heavy atom. The topological polar surface area (TPSA) is 44.0 Å². The van der Waals surface area contributed by atoms with Crippen molar-refractivity contribution in [1.82, 2.24) is 0 Å². The summed E-state index contributed by atoms with van der Waals surface area (Å²) in [6.45, 7) is 6.04. The third-order valence-electron chi connectivity index (χ3n) is 3.17. The first-order valence-electron chi connectivity index (χ1n) is 5.85. The molecule has 1 aromatic rings. The van der Waals surface area contributed by atoms with E-state index in [0.717, 1.165) is 29.5 Å². The Hall–Kier alpha value is -1.33. The van der Waals surface area contributed by atoms with E-state index in [1.165, 1.54) is 0 Å². The van der Waals surface area contributed by atoms with Crippen LogP contribution in [0.1, 0.15) is 49.8 Å². The zero-order valence-electron chi connectivity index (χ0n) is 10.2. The number of benzene rings is 1. The van der Waals surface area contributed by atoms with Gasteiger partial charge in [0.15, 0.2) is 0 Å². The summed E-state index contributed by atoms with van der Waals surface area (Å²) in [6.07, 6.45) is 1.24. The van der Waals surface area contributed by atoms with Gasteiger partial charge in [-0.25, -0.2) is 0 Å². The Bertz CT molecular complexity index is 392. The van der Waals surface area contributed by atoms with Gasteiger partial charge in [-0.15, -0.1) is 0 Å². The van der Waals surface area contributed by atoms with Crippen molar-refractivity contribution in [2.24, 2.45) is 0 Å². The van der Waals surface area contributed by atoms with E-state index in [2.05, 4.69) is 6.07 Å². The van der Waals surface area contributed by atoms with Crippen LogP contribution in [-0.2, 0) is 6.42 Å². The van der Waals surface area contributed by atoms with E-state index in [1.807, 2.05) is 39.0 Å². The molecular weight excluding hydrogens is 198 g/mol. The first-order chi connectivity index (χ1) is 7.65. The third-order valence-corrected chi connectivity index (χ3v) is 3.17. The van der Waals surface area contributed by atoms with E-state index < -0.39 is 0 Å². The van der Waals surface area contributed by atoms with Crippen molar-refractivity contribution in [1.29, 1.82) is 5.26 Å². The molecule has 2 nitrogen and oxygen atoms in total. The zero-order chi connectivity index (χ0) is 12.1. The van der Waals surface area contributed by atoms with E-state index in [-0.39, 0.29) is 12.0 Å². The fourth-order valence-electron chi connectivity index (χ4n) is 2.09. The Morgan fingerprint density at radius 1 is 1.38 bits per heavy atom. The van der Waals surface area contributed by atoms with E-state index in [9.17, 15) is 5.11 Å². The van der Waals surface area contributed by atoms with Crippen molar-refractivity contribution in [3.63, 3.8) is 0 Å². The van der Waals surface area contributed by atoms with Crippen LogP contribution >= 0.6 is 0 Å². The smallest absolute Gasteiger partial charge is 0.0994 e. The third kappa shape index (κ3) is 2.43. The maximum atomic E-state index is 9.88. The minimum absolute atomic E-state index is 0.0910. The monoisotopic (exact) mass is 217 g/mol. The molecule has 0 spiro atoms. The summed E-state index contributed by atoms with van der Waals surface area (Å²) in [6, 6.07) is 7.97. The van der Waals surface area contributed by atoms with Crippen molar-refractivity contribution >= 4 is 0 Å². The van der Waals surface area contributed by atoms with Gasteiger partial charge in [-0.2, -0.15) is 5.26 Å². The van der Waals surface area contributed by atoms with E-state index in [4.69, 9.17) is 5.26 Å². The molecule has 0 radical (unpaired) electrons. The molecule has 1 aromatic carbocycles. The molecule has 1 N–H and O–H groups in total. The van der Waals surface area contributed by atoms with Crippen LogP contribution < -0.4 is 0 Å². The molecule has 0 fully saturated rings. The molecule has 0 aliphatic carbocycles. The molecule has 0 aliphatic heterocycles. The summed E-state index contributed by atoms with van der Waals surface area (Å²) >= 11 is 0. The second-order valence-corrected chi connectivity index (χ2v) is 4.10. The molecule has 16 heavy (non-hydrogen) atoms. The quantitative estimate of drug-likeness (QED) is 0.842. The first kappa shape index (κ1) is 12.7. The van der Waals surface area contributed by atoms with Crippen LogP contribution in [0.2, 0.25) is 0 Å². The molecule has 0 aromatic heterocycles. The van der Waals surface area contributed by atoms with Gasteiger partial charge in [0.25, 0.3) is 0 Å². The fraction of sp³-hybridized carbons (Fsp3) is 0.500. The molecule has 0 aliphatic rings. The Kier molecular flexibility index (Phi) is 4.52. The van der Waals surface area contributed by atoms with Gasteiger partial charge in [0.05, 0.1) is 17.7 Å². The van der Waals surface area contributed by atoms with Gasteiger partial charge in [0.1, 0.15) is 0 Å². The molecule has 2 atom stereocenters. The number of rotatable bonds is 4. The molecule has 86 valence electrons. The zero-order valence-corrected chi connectivity index (χ0v) is 10.2. The number of nitrogens with zero attached hydrogens (tertiary/aromatic N) is 1. The lowest BCUT2D eigenvalue weighted by molar-refractivity contribution is 0.145. The second kappa shape index (κ2) is 5.67. The second-order valence-electron chi connectivity index (χ2n) is 4.10. The van der Waals surface area contributed by atoms with E-state index in [1.54, 1.807) is 0 Å². The molecule has 2 heteroatoms. The number of hydrogen-bond donors (Lipinski definition) is 1. The highest BCUT2D eigenvalue weighted by atomic mass is 16.3. The first-order valence-corrected chi connectivity index (χ1v) is 5.85. The lowest BCUT2D eigenvalue weighted by atomic mass is 9.87. The minimum Gasteiger partial charge on any atom is -0.393 e. The Morgan fingerprint density at radius 2 is 2.06 bits per heavy atom. The molecule has 0 saturated heterocycles. The van der Waals surface area contributed by atoms with Crippen molar-refractivity contribution in [2.45, 2.75) is 45.6 Å². The number of hydrogen-bond acceptors (Lipinski definition) is 2. The van der Waals surface area contributed by atoms with Crippen LogP contribution in [-0.4, -0.2) is 11.2 Å². The summed E-state index contributed by atoms with van der Waals surface area (Å²) in [5.74, 6) is 0.0910. The maximum absolute atomic E-state index is 9.88.